The van der Waals surface area contributed by atoms with Gasteiger partial charge in [0.05, 0.1) is 18.4 Å². The van der Waals surface area contributed by atoms with Crippen LogP contribution in [-0.2, 0) is 0 Å². The van der Waals surface area contributed by atoms with Crippen LogP contribution in [0.25, 0.3) is 0 Å². The minimum absolute atomic E-state index is 0.00950. The first-order valence-electron chi connectivity index (χ1n) is 5.20. The summed E-state index contributed by atoms with van der Waals surface area (Å²) in [5.74, 6) is 0.119. The summed E-state index contributed by atoms with van der Waals surface area (Å²) in [5.41, 5.74) is 5.92. The van der Waals surface area contributed by atoms with Crippen molar-refractivity contribution in [2.24, 2.45) is 5.41 Å². The van der Waals surface area contributed by atoms with Crippen LogP contribution in [0.1, 0.15) is 19.3 Å². The maximum absolute atomic E-state index is 12.8. The molecule has 0 aliphatic heterocycles. The van der Waals surface area contributed by atoms with Gasteiger partial charge in [0, 0.05) is 17.9 Å². The number of nitrogen functional groups attached to an aromatic ring is 1. The molecule has 0 amide bonds. The number of halogens is 1. The van der Waals surface area contributed by atoms with Crippen LogP contribution in [0.3, 0.4) is 0 Å². The SMILES string of the molecule is N#CCC1(COc2ccc(F)cc2N)CC1. The van der Waals surface area contributed by atoms with Crippen molar-refractivity contribution < 1.29 is 9.13 Å². The molecule has 2 N–H and O–H groups in total. The van der Waals surface area contributed by atoms with E-state index in [0.29, 0.717) is 24.5 Å². The highest BCUT2D eigenvalue weighted by Gasteiger charge is 2.43. The zero-order chi connectivity index (χ0) is 11.6. The molecule has 0 spiro atoms. The maximum atomic E-state index is 12.8. The molecule has 4 heteroatoms. The molecule has 1 fully saturated rings. The molecule has 0 atom stereocenters. The summed E-state index contributed by atoms with van der Waals surface area (Å²) in [4.78, 5) is 0. The molecule has 0 bridgehead atoms. The van der Waals surface area contributed by atoms with E-state index in [2.05, 4.69) is 6.07 Å². The van der Waals surface area contributed by atoms with Crippen LogP contribution in [0.2, 0.25) is 0 Å². The highest BCUT2D eigenvalue weighted by Crippen LogP contribution is 2.48. The fourth-order valence-corrected chi connectivity index (χ4v) is 1.60. The van der Waals surface area contributed by atoms with E-state index < -0.39 is 0 Å². The Morgan fingerprint density at radius 3 is 2.81 bits per heavy atom. The van der Waals surface area contributed by atoms with Gasteiger partial charge < -0.3 is 10.5 Å². The molecule has 0 heterocycles. The summed E-state index contributed by atoms with van der Waals surface area (Å²) in [5, 5.41) is 8.65. The van der Waals surface area contributed by atoms with Crippen molar-refractivity contribution in [2.45, 2.75) is 19.3 Å². The summed E-state index contributed by atoms with van der Waals surface area (Å²) >= 11 is 0. The predicted molar refractivity (Wildman–Crippen MR) is 58.2 cm³/mol. The second-order valence-corrected chi connectivity index (χ2v) is 4.31. The lowest BCUT2D eigenvalue weighted by atomic mass is 10.1. The van der Waals surface area contributed by atoms with E-state index >= 15 is 0 Å². The summed E-state index contributed by atoms with van der Waals surface area (Å²) < 4.78 is 18.3. The van der Waals surface area contributed by atoms with E-state index in [4.69, 9.17) is 15.7 Å². The number of anilines is 1. The Balaban J connectivity index is 1.98. The Labute approximate surface area is 93.6 Å². The van der Waals surface area contributed by atoms with Crippen molar-refractivity contribution in [2.75, 3.05) is 12.3 Å². The first kappa shape index (κ1) is 10.7. The molecule has 0 radical (unpaired) electrons. The third-order valence-electron chi connectivity index (χ3n) is 2.92. The van der Waals surface area contributed by atoms with Gasteiger partial charge in [-0.1, -0.05) is 0 Å². The Hall–Kier alpha value is -1.76. The average Bonchev–Trinajstić information content (AvgIpc) is 2.98. The number of hydrogen-bond donors (Lipinski definition) is 1. The van der Waals surface area contributed by atoms with Crippen LogP contribution < -0.4 is 10.5 Å². The molecule has 0 aromatic heterocycles. The highest BCUT2D eigenvalue weighted by atomic mass is 19.1. The van der Waals surface area contributed by atoms with Gasteiger partial charge in [-0.05, 0) is 25.0 Å². The topological polar surface area (TPSA) is 59.0 Å². The first-order chi connectivity index (χ1) is 7.65. The van der Waals surface area contributed by atoms with Crippen molar-refractivity contribution in [3.63, 3.8) is 0 Å². The smallest absolute Gasteiger partial charge is 0.142 e. The maximum Gasteiger partial charge on any atom is 0.142 e. The molecule has 84 valence electrons. The van der Waals surface area contributed by atoms with E-state index in [0.717, 1.165) is 12.8 Å². The van der Waals surface area contributed by atoms with Crippen LogP contribution >= 0.6 is 0 Å². The monoisotopic (exact) mass is 220 g/mol. The minimum atomic E-state index is -0.372. The van der Waals surface area contributed by atoms with Crippen molar-refractivity contribution in [1.82, 2.24) is 0 Å². The summed E-state index contributed by atoms with van der Waals surface area (Å²) in [6, 6.07) is 6.23. The Morgan fingerprint density at radius 1 is 1.50 bits per heavy atom. The second kappa shape index (κ2) is 4.01. The Morgan fingerprint density at radius 2 is 2.25 bits per heavy atom. The average molecular weight is 220 g/mol. The van der Waals surface area contributed by atoms with Crippen LogP contribution in [0.5, 0.6) is 5.75 Å². The van der Waals surface area contributed by atoms with E-state index in [-0.39, 0.29) is 11.2 Å². The molecule has 1 aromatic rings. The van der Waals surface area contributed by atoms with Gasteiger partial charge in [-0.15, -0.1) is 0 Å². The zero-order valence-corrected chi connectivity index (χ0v) is 8.87. The third-order valence-corrected chi connectivity index (χ3v) is 2.92. The minimum Gasteiger partial charge on any atom is -0.491 e. The standard InChI is InChI=1S/C12H13FN2O/c13-9-1-2-11(10(15)7-9)16-8-12(3-4-12)5-6-14/h1-2,7H,3-5,8,15H2. The number of nitriles is 1. The fourth-order valence-electron chi connectivity index (χ4n) is 1.60. The molecule has 16 heavy (non-hydrogen) atoms. The predicted octanol–water partition coefficient (Wildman–Crippen LogP) is 2.48. The van der Waals surface area contributed by atoms with Crippen LogP contribution in [0, 0.1) is 22.6 Å². The third kappa shape index (κ3) is 2.25. The van der Waals surface area contributed by atoms with Crippen LogP contribution in [-0.4, -0.2) is 6.61 Å². The lowest BCUT2D eigenvalue weighted by Gasteiger charge is -2.14. The van der Waals surface area contributed by atoms with Gasteiger partial charge in [-0.25, -0.2) is 4.39 Å². The van der Waals surface area contributed by atoms with E-state index in [1.807, 2.05) is 0 Å². The number of benzene rings is 1. The molecule has 1 aliphatic carbocycles. The lowest BCUT2D eigenvalue weighted by Crippen LogP contribution is -2.13. The summed E-state index contributed by atoms with van der Waals surface area (Å²) in [7, 11) is 0. The molecule has 0 unspecified atom stereocenters. The fraction of sp³-hybridized carbons (Fsp3) is 0.417. The molecular formula is C12H13FN2O. The number of rotatable bonds is 4. The van der Waals surface area contributed by atoms with Gasteiger partial charge in [-0.2, -0.15) is 5.26 Å². The number of nitrogens with two attached hydrogens (primary N) is 1. The molecule has 2 rings (SSSR count). The second-order valence-electron chi connectivity index (χ2n) is 4.31. The van der Waals surface area contributed by atoms with Gasteiger partial charge in [0.15, 0.2) is 0 Å². The first-order valence-corrected chi connectivity index (χ1v) is 5.20. The molecule has 3 nitrogen and oxygen atoms in total. The Bertz CT molecular complexity index is 435. The van der Waals surface area contributed by atoms with Gasteiger partial charge in [-0.3, -0.25) is 0 Å². The number of hydrogen-bond acceptors (Lipinski definition) is 3. The molecule has 1 saturated carbocycles. The van der Waals surface area contributed by atoms with Gasteiger partial charge in [0.1, 0.15) is 11.6 Å². The van der Waals surface area contributed by atoms with Crippen LogP contribution in [0.15, 0.2) is 18.2 Å². The van der Waals surface area contributed by atoms with Gasteiger partial charge in [0.2, 0.25) is 0 Å². The zero-order valence-electron chi connectivity index (χ0n) is 8.87. The largest absolute Gasteiger partial charge is 0.491 e. The lowest BCUT2D eigenvalue weighted by molar-refractivity contribution is 0.238. The van der Waals surface area contributed by atoms with E-state index in [1.165, 1.54) is 18.2 Å². The normalized spacial score (nSPS) is 16.5. The van der Waals surface area contributed by atoms with E-state index in [1.54, 1.807) is 0 Å². The highest BCUT2D eigenvalue weighted by molar-refractivity contribution is 5.52. The van der Waals surface area contributed by atoms with Crippen molar-refractivity contribution in [1.29, 1.82) is 5.26 Å². The van der Waals surface area contributed by atoms with Crippen molar-refractivity contribution in [3.05, 3.63) is 24.0 Å². The molecule has 1 aromatic carbocycles. The van der Waals surface area contributed by atoms with Crippen molar-refractivity contribution >= 4 is 5.69 Å². The van der Waals surface area contributed by atoms with Gasteiger partial charge >= 0.3 is 0 Å². The number of nitrogens with zero attached hydrogens (tertiary/aromatic N) is 1. The number of ether oxygens (including phenoxy) is 1. The Kier molecular flexibility index (Phi) is 2.69. The van der Waals surface area contributed by atoms with Gasteiger partial charge in [0.25, 0.3) is 0 Å². The quantitative estimate of drug-likeness (QED) is 0.793. The summed E-state index contributed by atoms with van der Waals surface area (Å²) in [6.45, 7) is 0.483. The molecule has 0 saturated heterocycles. The van der Waals surface area contributed by atoms with Crippen LogP contribution in [0.4, 0.5) is 10.1 Å². The molecular weight excluding hydrogens is 207 g/mol. The van der Waals surface area contributed by atoms with E-state index in [9.17, 15) is 4.39 Å². The van der Waals surface area contributed by atoms with Crippen molar-refractivity contribution in [3.8, 4) is 11.8 Å². The summed E-state index contributed by atoms with van der Waals surface area (Å²) in [6.07, 6.45) is 2.54. The molecule has 1 aliphatic rings.